The number of fused-ring (bicyclic) bond motifs is 1. The van der Waals surface area contributed by atoms with E-state index in [9.17, 15) is 0 Å². The largest absolute Gasteiger partial charge is 0.497 e. The van der Waals surface area contributed by atoms with Gasteiger partial charge in [0.2, 0.25) is 0 Å². The van der Waals surface area contributed by atoms with Crippen LogP contribution >= 0.6 is 11.8 Å². The van der Waals surface area contributed by atoms with E-state index < -0.39 is 0 Å². The van der Waals surface area contributed by atoms with Gasteiger partial charge in [0.1, 0.15) is 23.1 Å². The first kappa shape index (κ1) is 13.6. The molecule has 106 valence electrons. The summed E-state index contributed by atoms with van der Waals surface area (Å²) in [5.74, 6) is 1.42. The summed E-state index contributed by atoms with van der Waals surface area (Å²) in [6.45, 7) is 0. The van der Waals surface area contributed by atoms with Crippen molar-refractivity contribution in [3.8, 4) is 5.75 Å². The number of benzene rings is 1. The molecule has 1 aromatic carbocycles. The van der Waals surface area contributed by atoms with Gasteiger partial charge in [0, 0.05) is 11.8 Å². The van der Waals surface area contributed by atoms with E-state index in [1.807, 2.05) is 30.5 Å². The van der Waals surface area contributed by atoms with Crippen molar-refractivity contribution >= 4 is 34.3 Å². The Kier molecular flexibility index (Phi) is 3.83. The first-order valence-electron chi connectivity index (χ1n) is 6.23. The van der Waals surface area contributed by atoms with Gasteiger partial charge >= 0.3 is 0 Å². The van der Waals surface area contributed by atoms with E-state index in [4.69, 9.17) is 4.74 Å². The first-order valence-corrected chi connectivity index (χ1v) is 7.45. The molecule has 0 aliphatic rings. The van der Waals surface area contributed by atoms with Crippen molar-refractivity contribution in [1.82, 2.24) is 19.9 Å². The second-order valence-electron chi connectivity index (χ2n) is 4.17. The minimum Gasteiger partial charge on any atom is -0.497 e. The fourth-order valence-corrected chi connectivity index (χ4v) is 2.21. The molecule has 0 unspecified atom stereocenters. The van der Waals surface area contributed by atoms with Crippen molar-refractivity contribution in [3.05, 3.63) is 36.8 Å². The lowest BCUT2D eigenvalue weighted by atomic mass is 10.3. The fraction of sp³-hybridized carbons (Fsp3) is 0.143. The Balaban J connectivity index is 2.03. The predicted molar refractivity (Wildman–Crippen MR) is 83.2 cm³/mol. The molecule has 6 nitrogen and oxygen atoms in total. The molecule has 2 heterocycles. The van der Waals surface area contributed by atoms with E-state index in [-0.39, 0.29) is 0 Å². The molecule has 3 rings (SSSR count). The van der Waals surface area contributed by atoms with Crippen molar-refractivity contribution in [2.24, 2.45) is 0 Å². The van der Waals surface area contributed by atoms with Gasteiger partial charge in [0.05, 0.1) is 13.3 Å². The fourth-order valence-electron chi connectivity index (χ4n) is 1.87. The Morgan fingerprint density at radius 2 is 2.10 bits per heavy atom. The quantitative estimate of drug-likeness (QED) is 0.586. The summed E-state index contributed by atoms with van der Waals surface area (Å²) in [4.78, 5) is 17.1. The number of ether oxygens (including phenoxy) is 1. The van der Waals surface area contributed by atoms with Crippen molar-refractivity contribution in [2.75, 3.05) is 18.7 Å². The Hall–Kier alpha value is -2.41. The molecule has 1 N–H and O–H groups in total. The number of aromatic nitrogens is 4. The van der Waals surface area contributed by atoms with Crippen LogP contribution in [0.3, 0.4) is 0 Å². The molecule has 0 spiro atoms. The normalized spacial score (nSPS) is 10.6. The van der Waals surface area contributed by atoms with Crippen molar-refractivity contribution in [2.45, 2.75) is 5.16 Å². The number of nitrogens with zero attached hydrogens (tertiary/aromatic N) is 4. The summed E-state index contributed by atoms with van der Waals surface area (Å²) in [7, 11) is 1.64. The minimum atomic E-state index is 0.644. The molecule has 21 heavy (non-hydrogen) atoms. The molecule has 0 radical (unpaired) electrons. The number of rotatable bonds is 4. The van der Waals surface area contributed by atoms with Crippen LogP contribution in [0.1, 0.15) is 0 Å². The van der Waals surface area contributed by atoms with Crippen LogP contribution in [-0.2, 0) is 0 Å². The van der Waals surface area contributed by atoms with Gasteiger partial charge in [-0.05, 0) is 18.4 Å². The summed E-state index contributed by atoms with van der Waals surface area (Å²) >= 11 is 1.48. The molecule has 0 fully saturated rings. The maximum absolute atomic E-state index is 5.21. The van der Waals surface area contributed by atoms with Gasteiger partial charge in [-0.3, -0.25) is 0 Å². The first-order chi connectivity index (χ1) is 10.3. The van der Waals surface area contributed by atoms with Gasteiger partial charge in [-0.15, -0.1) is 0 Å². The standard InChI is InChI=1S/C14H13N5OS/c1-20-10-5-3-4-9(6-10)18-13-12-11(16-8-17-13)7-15-14(19-12)21-2/h3-8H,1-2H3,(H,16,17,18). The van der Waals surface area contributed by atoms with Gasteiger partial charge in [0.15, 0.2) is 11.0 Å². The van der Waals surface area contributed by atoms with Crippen molar-refractivity contribution < 1.29 is 4.74 Å². The van der Waals surface area contributed by atoms with Crippen LogP contribution in [0, 0.1) is 0 Å². The van der Waals surface area contributed by atoms with Crippen LogP contribution in [0.2, 0.25) is 0 Å². The Labute approximate surface area is 126 Å². The van der Waals surface area contributed by atoms with Gasteiger partial charge < -0.3 is 10.1 Å². The second-order valence-corrected chi connectivity index (χ2v) is 4.94. The third kappa shape index (κ3) is 2.87. The molecule has 0 atom stereocenters. The van der Waals surface area contributed by atoms with Gasteiger partial charge in [-0.2, -0.15) is 0 Å². The molecule has 0 saturated heterocycles. The predicted octanol–water partition coefficient (Wildman–Crippen LogP) is 2.89. The molecule has 0 saturated carbocycles. The number of hydrogen-bond donors (Lipinski definition) is 1. The SMILES string of the molecule is COc1cccc(Nc2ncnc3cnc(SC)nc23)c1. The summed E-state index contributed by atoms with van der Waals surface area (Å²) in [5.41, 5.74) is 2.27. The third-order valence-electron chi connectivity index (χ3n) is 2.87. The number of nitrogens with one attached hydrogen (secondary N) is 1. The van der Waals surface area contributed by atoms with E-state index >= 15 is 0 Å². The summed E-state index contributed by atoms with van der Waals surface area (Å²) in [5, 5.41) is 3.93. The number of hydrogen-bond acceptors (Lipinski definition) is 7. The van der Waals surface area contributed by atoms with Crippen LogP contribution in [0.5, 0.6) is 5.75 Å². The highest BCUT2D eigenvalue weighted by Crippen LogP contribution is 2.24. The van der Waals surface area contributed by atoms with Crippen LogP contribution in [-0.4, -0.2) is 33.3 Å². The zero-order valence-corrected chi connectivity index (χ0v) is 12.4. The third-order valence-corrected chi connectivity index (χ3v) is 3.43. The smallest absolute Gasteiger partial charge is 0.188 e. The zero-order chi connectivity index (χ0) is 14.7. The highest BCUT2D eigenvalue weighted by molar-refractivity contribution is 7.98. The number of anilines is 2. The molecule has 3 aromatic rings. The van der Waals surface area contributed by atoms with E-state index in [2.05, 4.69) is 25.3 Å². The zero-order valence-electron chi connectivity index (χ0n) is 11.6. The summed E-state index contributed by atoms with van der Waals surface area (Å²) < 4.78 is 5.21. The Morgan fingerprint density at radius 1 is 1.19 bits per heavy atom. The Morgan fingerprint density at radius 3 is 2.90 bits per heavy atom. The lowest BCUT2D eigenvalue weighted by Crippen LogP contribution is -1.99. The lowest BCUT2D eigenvalue weighted by Gasteiger charge is -2.09. The second kappa shape index (κ2) is 5.92. The monoisotopic (exact) mass is 299 g/mol. The molecule has 0 amide bonds. The highest BCUT2D eigenvalue weighted by atomic mass is 32.2. The summed E-state index contributed by atoms with van der Waals surface area (Å²) in [6.07, 6.45) is 5.12. The highest BCUT2D eigenvalue weighted by Gasteiger charge is 2.08. The van der Waals surface area contributed by atoms with E-state index in [1.165, 1.54) is 18.1 Å². The van der Waals surface area contributed by atoms with Gasteiger partial charge in [-0.1, -0.05) is 17.8 Å². The van der Waals surface area contributed by atoms with E-state index in [0.29, 0.717) is 22.0 Å². The van der Waals surface area contributed by atoms with Crippen LogP contribution < -0.4 is 10.1 Å². The molecular weight excluding hydrogens is 286 g/mol. The molecule has 0 bridgehead atoms. The van der Waals surface area contributed by atoms with Crippen LogP contribution in [0.15, 0.2) is 41.9 Å². The summed E-state index contributed by atoms with van der Waals surface area (Å²) in [6, 6.07) is 7.63. The molecule has 0 aliphatic carbocycles. The number of methoxy groups -OCH3 is 1. The van der Waals surface area contributed by atoms with Crippen LogP contribution in [0.4, 0.5) is 11.5 Å². The maximum atomic E-state index is 5.21. The topological polar surface area (TPSA) is 72.8 Å². The average Bonchev–Trinajstić information content (AvgIpc) is 2.55. The van der Waals surface area contributed by atoms with Gasteiger partial charge in [0.25, 0.3) is 0 Å². The van der Waals surface area contributed by atoms with Gasteiger partial charge in [-0.25, -0.2) is 19.9 Å². The molecule has 2 aromatic heterocycles. The molecule has 0 aliphatic heterocycles. The molecular formula is C14H13N5OS. The maximum Gasteiger partial charge on any atom is 0.188 e. The minimum absolute atomic E-state index is 0.644. The number of thioether (sulfide) groups is 1. The van der Waals surface area contributed by atoms with E-state index in [0.717, 1.165) is 11.4 Å². The van der Waals surface area contributed by atoms with Crippen molar-refractivity contribution in [3.63, 3.8) is 0 Å². The lowest BCUT2D eigenvalue weighted by molar-refractivity contribution is 0.415. The van der Waals surface area contributed by atoms with E-state index in [1.54, 1.807) is 13.3 Å². The Bertz CT molecular complexity index is 780. The van der Waals surface area contributed by atoms with Crippen LogP contribution in [0.25, 0.3) is 11.0 Å². The van der Waals surface area contributed by atoms with Crippen molar-refractivity contribution in [1.29, 1.82) is 0 Å². The molecule has 7 heteroatoms. The average molecular weight is 299 g/mol.